The molecule has 1 unspecified atom stereocenters. The Morgan fingerprint density at radius 2 is 2.29 bits per heavy atom. The van der Waals surface area contributed by atoms with Gasteiger partial charge in [0.05, 0.1) is 5.60 Å². The van der Waals surface area contributed by atoms with Crippen LogP contribution in [0, 0.1) is 0 Å². The Balaban J connectivity index is 2.39. The molecular weight excluding hydrogens is 194 g/mol. The van der Waals surface area contributed by atoms with E-state index in [2.05, 4.69) is 43.6 Å². The first-order valence-electron chi connectivity index (χ1n) is 4.87. The number of hydrogen-bond acceptors (Lipinski definition) is 3. The number of nitrogens with one attached hydrogen (secondary N) is 1. The molecule has 80 valence electrons. The minimum absolute atomic E-state index is 0.0917. The lowest BCUT2D eigenvalue weighted by Crippen LogP contribution is -2.37. The summed E-state index contributed by atoms with van der Waals surface area (Å²) < 4.78 is 5.35. The Labute approximate surface area is 90.3 Å². The molecule has 0 radical (unpaired) electrons. The predicted molar refractivity (Wildman–Crippen MR) is 61.8 cm³/mol. The largest absolute Gasteiger partial charge is 0.377 e. The molecular formula is C11H19NOS. The van der Waals surface area contributed by atoms with Crippen LogP contribution in [-0.2, 0) is 4.74 Å². The number of rotatable bonds is 5. The highest BCUT2D eigenvalue weighted by molar-refractivity contribution is 7.10. The average molecular weight is 213 g/mol. The molecule has 1 N–H and O–H groups in total. The van der Waals surface area contributed by atoms with E-state index in [1.807, 2.05) is 0 Å². The number of methoxy groups -OCH3 is 1. The lowest BCUT2D eigenvalue weighted by Gasteiger charge is -2.25. The summed E-state index contributed by atoms with van der Waals surface area (Å²) in [5, 5.41) is 5.57. The third-order valence-corrected chi connectivity index (χ3v) is 3.41. The third kappa shape index (κ3) is 3.40. The monoisotopic (exact) mass is 213 g/mol. The van der Waals surface area contributed by atoms with E-state index in [-0.39, 0.29) is 5.60 Å². The molecule has 0 aromatic carbocycles. The van der Waals surface area contributed by atoms with Crippen molar-refractivity contribution in [3.63, 3.8) is 0 Å². The van der Waals surface area contributed by atoms with Crippen molar-refractivity contribution in [2.75, 3.05) is 13.7 Å². The Morgan fingerprint density at radius 3 is 2.79 bits per heavy atom. The van der Waals surface area contributed by atoms with E-state index in [1.165, 1.54) is 4.88 Å². The molecule has 0 spiro atoms. The highest BCUT2D eigenvalue weighted by atomic mass is 32.1. The minimum atomic E-state index is -0.0917. The van der Waals surface area contributed by atoms with Crippen molar-refractivity contribution >= 4 is 11.3 Å². The van der Waals surface area contributed by atoms with Gasteiger partial charge in [0.25, 0.3) is 0 Å². The first-order valence-corrected chi connectivity index (χ1v) is 5.75. The fourth-order valence-corrected chi connectivity index (χ4v) is 1.87. The van der Waals surface area contributed by atoms with Crippen molar-refractivity contribution < 1.29 is 4.74 Å². The maximum atomic E-state index is 5.35. The van der Waals surface area contributed by atoms with E-state index in [1.54, 1.807) is 18.4 Å². The van der Waals surface area contributed by atoms with Crippen molar-refractivity contribution in [2.45, 2.75) is 32.4 Å². The van der Waals surface area contributed by atoms with Gasteiger partial charge in [-0.3, -0.25) is 0 Å². The molecule has 0 bridgehead atoms. The van der Waals surface area contributed by atoms with Gasteiger partial charge in [-0.05, 0) is 32.2 Å². The maximum absolute atomic E-state index is 5.35. The first kappa shape index (κ1) is 11.7. The van der Waals surface area contributed by atoms with Crippen LogP contribution in [0.2, 0.25) is 0 Å². The van der Waals surface area contributed by atoms with E-state index in [9.17, 15) is 0 Å². The van der Waals surface area contributed by atoms with Crippen LogP contribution in [0.3, 0.4) is 0 Å². The Morgan fingerprint density at radius 1 is 1.57 bits per heavy atom. The molecule has 0 saturated carbocycles. The van der Waals surface area contributed by atoms with Crippen molar-refractivity contribution in [1.82, 2.24) is 5.32 Å². The summed E-state index contributed by atoms with van der Waals surface area (Å²) in [6.07, 6.45) is 0. The summed E-state index contributed by atoms with van der Waals surface area (Å²) in [5.74, 6) is 0. The zero-order chi connectivity index (χ0) is 10.6. The lowest BCUT2D eigenvalue weighted by molar-refractivity contribution is 0.0215. The van der Waals surface area contributed by atoms with Gasteiger partial charge in [-0.2, -0.15) is 0 Å². The molecule has 0 aliphatic carbocycles. The maximum Gasteiger partial charge on any atom is 0.0746 e. The van der Waals surface area contributed by atoms with Crippen LogP contribution in [0.25, 0.3) is 0 Å². The van der Waals surface area contributed by atoms with Crippen LogP contribution >= 0.6 is 11.3 Å². The van der Waals surface area contributed by atoms with Crippen LogP contribution in [0.1, 0.15) is 31.7 Å². The highest BCUT2D eigenvalue weighted by Gasteiger charge is 2.17. The van der Waals surface area contributed by atoms with E-state index in [0.29, 0.717) is 6.04 Å². The SMILES string of the molecule is COC(C)(C)CNC(C)c1cccs1. The van der Waals surface area contributed by atoms with Gasteiger partial charge in [-0.25, -0.2) is 0 Å². The molecule has 3 heteroatoms. The molecule has 0 aliphatic heterocycles. The molecule has 2 nitrogen and oxygen atoms in total. The average Bonchev–Trinajstić information content (AvgIpc) is 2.67. The smallest absolute Gasteiger partial charge is 0.0746 e. The fourth-order valence-electron chi connectivity index (χ4n) is 1.11. The fraction of sp³-hybridized carbons (Fsp3) is 0.636. The van der Waals surface area contributed by atoms with Gasteiger partial charge in [0, 0.05) is 24.6 Å². The van der Waals surface area contributed by atoms with Gasteiger partial charge in [0.15, 0.2) is 0 Å². The molecule has 1 aromatic rings. The Kier molecular flexibility index (Phi) is 4.11. The summed E-state index contributed by atoms with van der Waals surface area (Å²) in [7, 11) is 1.75. The first-order chi connectivity index (χ1) is 6.55. The van der Waals surface area contributed by atoms with Gasteiger partial charge >= 0.3 is 0 Å². The summed E-state index contributed by atoms with van der Waals surface area (Å²) in [6, 6.07) is 4.64. The zero-order valence-electron chi connectivity index (χ0n) is 9.33. The van der Waals surface area contributed by atoms with Gasteiger partial charge in [-0.15, -0.1) is 11.3 Å². The standard InChI is InChI=1S/C11H19NOS/c1-9(10-6-5-7-14-10)12-8-11(2,3)13-4/h5-7,9,12H,8H2,1-4H3. The minimum Gasteiger partial charge on any atom is -0.377 e. The van der Waals surface area contributed by atoms with Gasteiger partial charge in [-0.1, -0.05) is 6.07 Å². The molecule has 0 fully saturated rings. The summed E-state index contributed by atoms with van der Waals surface area (Å²) in [5.41, 5.74) is -0.0917. The molecule has 1 heterocycles. The van der Waals surface area contributed by atoms with Gasteiger partial charge in [0.2, 0.25) is 0 Å². The second-order valence-electron chi connectivity index (χ2n) is 4.08. The van der Waals surface area contributed by atoms with Crippen molar-refractivity contribution in [1.29, 1.82) is 0 Å². The summed E-state index contributed by atoms with van der Waals surface area (Å²) in [6.45, 7) is 7.21. The highest BCUT2D eigenvalue weighted by Crippen LogP contribution is 2.18. The molecule has 0 aliphatic rings. The van der Waals surface area contributed by atoms with Crippen LogP contribution in [0.15, 0.2) is 17.5 Å². The van der Waals surface area contributed by atoms with Gasteiger partial charge < -0.3 is 10.1 Å². The molecule has 0 saturated heterocycles. The topological polar surface area (TPSA) is 21.3 Å². The second kappa shape index (κ2) is 4.91. The molecule has 1 aromatic heterocycles. The molecule has 1 rings (SSSR count). The van der Waals surface area contributed by atoms with Crippen molar-refractivity contribution in [3.8, 4) is 0 Å². The van der Waals surface area contributed by atoms with Crippen LogP contribution in [-0.4, -0.2) is 19.3 Å². The Bertz CT molecular complexity index is 256. The van der Waals surface area contributed by atoms with Crippen molar-refractivity contribution in [2.24, 2.45) is 0 Å². The van der Waals surface area contributed by atoms with Crippen LogP contribution in [0.4, 0.5) is 0 Å². The van der Waals surface area contributed by atoms with Crippen LogP contribution in [0.5, 0.6) is 0 Å². The quantitative estimate of drug-likeness (QED) is 0.812. The summed E-state index contributed by atoms with van der Waals surface area (Å²) in [4.78, 5) is 1.37. The van der Waals surface area contributed by atoms with E-state index in [0.717, 1.165) is 6.54 Å². The second-order valence-corrected chi connectivity index (χ2v) is 5.06. The number of ether oxygens (including phenoxy) is 1. The summed E-state index contributed by atoms with van der Waals surface area (Å²) >= 11 is 1.79. The predicted octanol–water partition coefficient (Wildman–Crippen LogP) is 2.82. The van der Waals surface area contributed by atoms with E-state index >= 15 is 0 Å². The third-order valence-electron chi connectivity index (χ3n) is 2.36. The molecule has 1 atom stereocenters. The van der Waals surface area contributed by atoms with Crippen LogP contribution < -0.4 is 5.32 Å². The van der Waals surface area contributed by atoms with Gasteiger partial charge in [0.1, 0.15) is 0 Å². The molecule has 14 heavy (non-hydrogen) atoms. The van der Waals surface area contributed by atoms with E-state index in [4.69, 9.17) is 4.74 Å². The zero-order valence-corrected chi connectivity index (χ0v) is 10.1. The van der Waals surface area contributed by atoms with E-state index < -0.39 is 0 Å². The number of thiophene rings is 1. The normalized spacial score (nSPS) is 14.3. The molecule has 0 amide bonds. The Hall–Kier alpha value is -0.380. The van der Waals surface area contributed by atoms with Crippen molar-refractivity contribution in [3.05, 3.63) is 22.4 Å². The lowest BCUT2D eigenvalue weighted by atomic mass is 10.1. The number of hydrogen-bond donors (Lipinski definition) is 1.